The van der Waals surface area contributed by atoms with Crippen LogP contribution in [0.1, 0.15) is 34.1 Å². The second-order valence-corrected chi connectivity index (χ2v) is 7.63. The van der Waals surface area contributed by atoms with E-state index < -0.39 is 0 Å². The second-order valence-electron chi connectivity index (χ2n) is 6.54. The summed E-state index contributed by atoms with van der Waals surface area (Å²) in [5, 5.41) is 8.54. The normalized spacial score (nSPS) is 10.7. The predicted molar refractivity (Wildman–Crippen MR) is 115 cm³/mol. The molecule has 0 fully saturated rings. The van der Waals surface area contributed by atoms with E-state index in [0.717, 1.165) is 15.6 Å². The van der Waals surface area contributed by atoms with Gasteiger partial charge in [-0.1, -0.05) is 36.4 Å². The average molecular weight is 410 g/mol. The molecule has 1 heterocycles. The third-order valence-electron chi connectivity index (χ3n) is 4.43. The number of hydrogen-bond donors (Lipinski definition) is 2. The largest absolute Gasteiger partial charge is 0.466 e. The minimum Gasteiger partial charge on any atom is -0.466 e. The number of nitrogens with one attached hydrogen (secondary N) is 1. The zero-order valence-electron chi connectivity index (χ0n) is 16.2. The Balaban J connectivity index is 1.84. The summed E-state index contributed by atoms with van der Waals surface area (Å²) in [4.78, 5) is 27.4. The van der Waals surface area contributed by atoms with E-state index in [2.05, 4.69) is 0 Å². The Bertz CT molecular complexity index is 1030. The van der Waals surface area contributed by atoms with Crippen molar-refractivity contribution >= 4 is 39.1 Å². The molecule has 6 nitrogen and oxygen atoms in total. The lowest BCUT2D eigenvalue weighted by Crippen LogP contribution is -2.32. The Hall–Kier alpha value is -3.19. The molecule has 7 heteroatoms. The van der Waals surface area contributed by atoms with Crippen LogP contribution in [-0.2, 0) is 16.1 Å². The van der Waals surface area contributed by atoms with Gasteiger partial charge in [0.15, 0.2) is 0 Å². The number of nitrogens with zero attached hydrogens (tertiary/aromatic N) is 1. The Morgan fingerprint density at radius 1 is 1.14 bits per heavy atom. The summed E-state index contributed by atoms with van der Waals surface area (Å²) in [5.41, 5.74) is 7.10. The number of fused-ring (bicyclic) bond motifs is 1. The van der Waals surface area contributed by atoms with Gasteiger partial charge in [-0.2, -0.15) is 0 Å². The third kappa shape index (κ3) is 5.20. The van der Waals surface area contributed by atoms with E-state index in [-0.39, 0.29) is 30.7 Å². The molecule has 0 saturated heterocycles. The molecule has 0 aliphatic carbocycles. The van der Waals surface area contributed by atoms with Crippen molar-refractivity contribution in [3.63, 3.8) is 0 Å². The molecule has 2 aromatic carbocycles. The van der Waals surface area contributed by atoms with Crippen LogP contribution in [0, 0.1) is 5.41 Å². The highest BCUT2D eigenvalue weighted by molar-refractivity contribution is 7.20. The molecule has 0 atom stereocenters. The van der Waals surface area contributed by atoms with E-state index >= 15 is 0 Å². The zero-order chi connectivity index (χ0) is 20.8. The van der Waals surface area contributed by atoms with Crippen molar-refractivity contribution in [3.05, 3.63) is 70.6 Å². The zero-order valence-corrected chi connectivity index (χ0v) is 17.0. The fourth-order valence-electron chi connectivity index (χ4n) is 3.00. The van der Waals surface area contributed by atoms with Gasteiger partial charge in [-0.3, -0.25) is 15.0 Å². The lowest BCUT2D eigenvalue weighted by molar-refractivity contribution is -0.143. The van der Waals surface area contributed by atoms with Gasteiger partial charge in [-0.15, -0.1) is 11.3 Å². The van der Waals surface area contributed by atoms with Gasteiger partial charge >= 0.3 is 5.97 Å². The maximum absolute atomic E-state index is 13.2. The topological polar surface area (TPSA) is 96.5 Å². The van der Waals surface area contributed by atoms with E-state index in [9.17, 15) is 9.59 Å². The van der Waals surface area contributed by atoms with Crippen molar-refractivity contribution in [2.45, 2.75) is 19.9 Å². The first-order chi connectivity index (χ1) is 14.0. The van der Waals surface area contributed by atoms with Crippen LogP contribution in [0.25, 0.3) is 10.1 Å². The standard InChI is InChI=1S/C22H23N3O3S/c1-2-28-20(26)10-11-25(14-15-6-4-3-5-7-15)22(27)17-9-8-16-12-19(21(23)24)29-18(16)13-17/h3-9,12-13H,2,10-11,14H2,1H3,(H3,23,24). The van der Waals surface area contributed by atoms with Crippen molar-refractivity contribution in [3.8, 4) is 0 Å². The highest BCUT2D eigenvalue weighted by Crippen LogP contribution is 2.27. The van der Waals surface area contributed by atoms with Crippen LogP contribution in [0.4, 0.5) is 0 Å². The van der Waals surface area contributed by atoms with Crippen molar-refractivity contribution in [1.82, 2.24) is 4.90 Å². The molecule has 0 unspecified atom stereocenters. The number of carbonyl (C=O) groups is 2. The van der Waals surface area contributed by atoms with Crippen LogP contribution in [0.5, 0.6) is 0 Å². The summed E-state index contributed by atoms with van der Waals surface area (Å²) in [6.45, 7) is 2.75. The van der Waals surface area contributed by atoms with Gasteiger partial charge in [-0.25, -0.2) is 0 Å². The maximum atomic E-state index is 13.2. The monoisotopic (exact) mass is 409 g/mol. The van der Waals surface area contributed by atoms with Gasteiger partial charge in [-0.05, 0) is 36.1 Å². The molecular weight excluding hydrogens is 386 g/mol. The second kappa shape index (κ2) is 9.34. The molecule has 3 aromatic rings. The van der Waals surface area contributed by atoms with Crippen molar-refractivity contribution in [2.75, 3.05) is 13.2 Å². The lowest BCUT2D eigenvalue weighted by Gasteiger charge is -2.23. The van der Waals surface area contributed by atoms with Crippen LogP contribution < -0.4 is 5.73 Å². The number of nitrogens with two attached hydrogens (primary N) is 1. The Kier molecular flexibility index (Phi) is 6.61. The molecule has 0 saturated carbocycles. The average Bonchev–Trinajstić information content (AvgIpc) is 3.15. The number of thiophene rings is 1. The number of esters is 1. The van der Waals surface area contributed by atoms with E-state index in [1.807, 2.05) is 48.5 Å². The van der Waals surface area contributed by atoms with Crippen LogP contribution in [0.2, 0.25) is 0 Å². The summed E-state index contributed by atoms with van der Waals surface area (Å²) in [7, 11) is 0. The van der Waals surface area contributed by atoms with Gasteiger partial charge in [0.25, 0.3) is 5.91 Å². The molecule has 29 heavy (non-hydrogen) atoms. The number of ether oxygens (including phenoxy) is 1. The molecule has 0 aliphatic heterocycles. The summed E-state index contributed by atoms with van der Waals surface area (Å²) < 4.78 is 5.90. The van der Waals surface area contributed by atoms with Gasteiger partial charge in [0.05, 0.1) is 17.9 Å². The number of hydrogen-bond acceptors (Lipinski definition) is 5. The van der Waals surface area contributed by atoms with E-state index in [0.29, 0.717) is 23.6 Å². The fraction of sp³-hybridized carbons (Fsp3) is 0.227. The van der Waals surface area contributed by atoms with Crippen molar-refractivity contribution < 1.29 is 14.3 Å². The Morgan fingerprint density at radius 2 is 1.90 bits per heavy atom. The lowest BCUT2D eigenvalue weighted by atomic mass is 10.1. The van der Waals surface area contributed by atoms with Gasteiger partial charge < -0.3 is 15.4 Å². The molecule has 3 rings (SSSR count). The number of rotatable bonds is 8. The smallest absolute Gasteiger partial charge is 0.307 e. The van der Waals surface area contributed by atoms with Crippen LogP contribution in [-0.4, -0.2) is 35.8 Å². The summed E-state index contributed by atoms with van der Waals surface area (Å²) in [5.74, 6) is -0.463. The first-order valence-corrected chi connectivity index (χ1v) is 10.2. The summed E-state index contributed by atoms with van der Waals surface area (Å²) >= 11 is 1.38. The third-order valence-corrected chi connectivity index (χ3v) is 5.56. The highest BCUT2D eigenvalue weighted by atomic mass is 32.1. The predicted octanol–water partition coefficient (Wildman–Crippen LogP) is 3.78. The molecule has 0 aliphatic rings. The first kappa shape index (κ1) is 20.5. The number of amides is 1. The molecule has 0 radical (unpaired) electrons. The number of carbonyl (C=O) groups excluding carboxylic acids is 2. The van der Waals surface area contributed by atoms with E-state index in [1.165, 1.54) is 11.3 Å². The first-order valence-electron chi connectivity index (χ1n) is 9.34. The molecule has 3 N–H and O–H groups in total. The molecule has 150 valence electrons. The van der Waals surface area contributed by atoms with Crippen LogP contribution in [0.3, 0.4) is 0 Å². The van der Waals surface area contributed by atoms with E-state index in [4.69, 9.17) is 15.9 Å². The number of benzene rings is 2. The SMILES string of the molecule is CCOC(=O)CCN(Cc1ccccc1)C(=O)c1ccc2cc(C(=N)N)sc2c1. The molecule has 0 spiro atoms. The summed E-state index contributed by atoms with van der Waals surface area (Å²) in [6.07, 6.45) is 0.141. The molecule has 0 bridgehead atoms. The van der Waals surface area contributed by atoms with Gasteiger partial charge in [0, 0.05) is 23.4 Å². The molecular formula is C22H23N3O3S. The van der Waals surface area contributed by atoms with E-state index in [1.54, 1.807) is 17.9 Å². The number of nitrogen functional groups attached to an aromatic ring is 1. The minimum absolute atomic E-state index is 0.0132. The molecule has 1 amide bonds. The Morgan fingerprint density at radius 3 is 2.59 bits per heavy atom. The van der Waals surface area contributed by atoms with Crippen LogP contribution >= 0.6 is 11.3 Å². The summed E-state index contributed by atoms with van der Waals surface area (Å²) in [6, 6.07) is 17.0. The quantitative estimate of drug-likeness (QED) is 0.336. The van der Waals surface area contributed by atoms with Crippen molar-refractivity contribution in [1.29, 1.82) is 5.41 Å². The Labute approximate surface area is 173 Å². The minimum atomic E-state index is -0.321. The van der Waals surface area contributed by atoms with Gasteiger partial charge in [0.2, 0.25) is 0 Å². The van der Waals surface area contributed by atoms with Gasteiger partial charge in [0.1, 0.15) is 5.84 Å². The highest BCUT2D eigenvalue weighted by Gasteiger charge is 2.19. The van der Waals surface area contributed by atoms with Crippen LogP contribution in [0.15, 0.2) is 54.6 Å². The maximum Gasteiger partial charge on any atom is 0.307 e. The fourth-order valence-corrected chi connectivity index (χ4v) is 3.96. The number of amidine groups is 1. The van der Waals surface area contributed by atoms with Crippen molar-refractivity contribution in [2.24, 2.45) is 5.73 Å². The molecule has 1 aromatic heterocycles.